The molecular weight excluding hydrogens is 444 g/mol. The minimum absolute atomic E-state index is 0.00884. The molecule has 0 fully saturated rings. The molecule has 0 aromatic heterocycles. The van der Waals surface area contributed by atoms with Crippen LogP contribution in [0.1, 0.15) is 155 Å². The minimum Gasteiger partial charge on any atom is -0.481 e. The van der Waals surface area contributed by atoms with Gasteiger partial charge in [-0.15, -0.1) is 11.8 Å². The molecule has 202 valence electrons. The smallest absolute Gasteiger partial charge is 0.313 e. The van der Waals surface area contributed by atoms with Gasteiger partial charge in [-0.05, 0) is 12.8 Å². The van der Waals surface area contributed by atoms with Crippen molar-refractivity contribution in [2.45, 2.75) is 155 Å². The Balaban J connectivity index is 4.29. The van der Waals surface area contributed by atoms with Crippen molar-refractivity contribution >= 4 is 23.7 Å². The predicted molar refractivity (Wildman–Crippen MR) is 148 cm³/mol. The van der Waals surface area contributed by atoms with Crippen molar-refractivity contribution in [3.63, 3.8) is 0 Å². The van der Waals surface area contributed by atoms with E-state index in [-0.39, 0.29) is 5.75 Å². The standard InChI is InChI=1S/C29H56O4S/c1-3-5-7-9-11-13-15-17-19-21-23-29(28(32)33,26-34-25-27(30)31)24-22-20-18-16-14-12-10-8-6-4-2/h3-26H2,1-2H3,(H,30,31)(H,32,33). The van der Waals surface area contributed by atoms with Gasteiger partial charge >= 0.3 is 11.9 Å². The molecule has 0 aliphatic heterocycles. The molecular formula is C29H56O4S. The fourth-order valence-corrected chi connectivity index (χ4v) is 5.86. The molecule has 0 aliphatic carbocycles. The van der Waals surface area contributed by atoms with Crippen molar-refractivity contribution in [3.8, 4) is 0 Å². The summed E-state index contributed by atoms with van der Waals surface area (Å²) in [7, 11) is 0. The summed E-state index contributed by atoms with van der Waals surface area (Å²) in [5.41, 5.74) is -0.763. The van der Waals surface area contributed by atoms with Crippen molar-refractivity contribution in [3.05, 3.63) is 0 Å². The number of rotatable bonds is 27. The zero-order chi connectivity index (χ0) is 25.3. The van der Waals surface area contributed by atoms with Gasteiger partial charge in [0.25, 0.3) is 0 Å². The first-order valence-corrected chi connectivity index (χ1v) is 15.7. The molecule has 0 saturated heterocycles. The number of thioether (sulfide) groups is 1. The van der Waals surface area contributed by atoms with Gasteiger partial charge in [-0.3, -0.25) is 9.59 Å². The van der Waals surface area contributed by atoms with Gasteiger partial charge in [0.1, 0.15) is 0 Å². The largest absolute Gasteiger partial charge is 0.481 e. The number of carbonyl (C=O) groups is 2. The molecule has 0 saturated carbocycles. The lowest BCUT2D eigenvalue weighted by Gasteiger charge is -2.29. The van der Waals surface area contributed by atoms with Crippen molar-refractivity contribution in [1.29, 1.82) is 0 Å². The topological polar surface area (TPSA) is 74.6 Å². The van der Waals surface area contributed by atoms with Crippen LogP contribution in [0.25, 0.3) is 0 Å². The van der Waals surface area contributed by atoms with E-state index in [1.165, 1.54) is 114 Å². The van der Waals surface area contributed by atoms with E-state index in [4.69, 9.17) is 5.11 Å². The van der Waals surface area contributed by atoms with Crippen LogP contribution in [0.5, 0.6) is 0 Å². The van der Waals surface area contributed by atoms with E-state index < -0.39 is 17.4 Å². The van der Waals surface area contributed by atoms with E-state index in [1.807, 2.05) is 0 Å². The van der Waals surface area contributed by atoms with E-state index >= 15 is 0 Å². The number of unbranched alkanes of at least 4 members (excludes halogenated alkanes) is 18. The zero-order valence-electron chi connectivity index (χ0n) is 22.6. The maximum Gasteiger partial charge on any atom is 0.313 e. The van der Waals surface area contributed by atoms with Gasteiger partial charge in [-0.1, -0.05) is 142 Å². The minimum atomic E-state index is -0.859. The summed E-state index contributed by atoms with van der Waals surface area (Å²) in [5, 5.41) is 19.1. The molecule has 0 radical (unpaired) electrons. The maximum atomic E-state index is 12.3. The number of aliphatic carboxylic acids is 2. The normalized spacial score (nSPS) is 11.7. The Labute approximate surface area is 215 Å². The van der Waals surface area contributed by atoms with Crippen LogP contribution in [-0.4, -0.2) is 33.7 Å². The quantitative estimate of drug-likeness (QED) is 0.110. The van der Waals surface area contributed by atoms with Gasteiger partial charge in [0, 0.05) is 5.75 Å². The molecule has 4 nitrogen and oxygen atoms in total. The number of carboxylic acids is 2. The average Bonchev–Trinajstić information content (AvgIpc) is 2.80. The molecule has 0 aromatic carbocycles. The average molecular weight is 501 g/mol. The summed E-state index contributed by atoms with van der Waals surface area (Å²) < 4.78 is 0. The lowest BCUT2D eigenvalue weighted by Crippen LogP contribution is -2.34. The zero-order valence-corrected chi connectivity index (χ0v) is 23.4. The lowest BCUT2D eigenvalue weighted by atomic mass is 9.79. The number of hydrogen-bond acceptors (Lipinski definition) is 3. The molecule has 0 aromatic rings. The van der Waals surface area contributed by atoms with E-state index in [1.54, 1.807) is 0 Å². The van der Waals surface area contributed by atoms with E-state index in [0.717, 1.165) is 25.7 Å². The van der Waals surface area contributed by atoms with Gasteiger partial charge in [0.05, 0.1) is 11.2 Å². The van der Waals surface area contributed by atoms with Gasteiger partial charge in [-0.25, -0.2) is 0 Å². The molecule has 0 spiro atoms. The first-order valence-electron chi connectivity index (χ1n) is 14.5. The van der Waals surface area contributed by atoms with Gasteiger partial charge in [0.2, 0.25) is 0 Å². The molecule has 0 heterocycles. The third kappa shape index (κ3) is 19.6. The van der Waals surface area contributed by atoms with Gasteiger partial charge < -0.3 is 10.2 Å². The van der Waals surface area contributed by atoms with E-state index in [2.05, 4.69) is 13.8 Å². The monoisotopic (exact) mass is 500 g/mol. The lowest BCUT2D eigenvalue weighted by molar-refractivity contribution is -0.148. The Bertz CT molecular complexity index is 457. The van der Waals surface area contributed by atoms with Crippen molar-refractivity contribution in [1.82, 2.24) is 0 Å². The molecule has 5 heteroatoms. The fourth-order valence-electron chi connectivity index (χ4n) is 4.78. The van der Waals surface area contributed by atoms with Crippen LogP contribution in [0.4, 0.5) is 0 Å². The number of carboxylic acid groups (broad SMARTS) is 2. The maximum absolute atomic E-state index is 12.3. The SMILES string of the molecule is CCCCCCCCCCCCC(CCCCCCCCCCCC)(CSCC(=O)O)C(=O)O. The summed E-state index contributed by atoms with van der Waals surface area (Å²) in [4.78, 5) is 23.3. The van der Waals surface area contributed by atoms with Crippen molar-refractivity contribution in [2.75, 3.05) is 11.5 Å². The summed E-state index contributed by atoms with van der Waals surface area (Å²) in [6, 6.07) is 0. The van der Waals surface area contributed by atoms with E-state index in [0.29, 0.717) is 18.6 Å². The van der Waals surface area contributed by atoms with Crippen LogP contribution >= 0.6 is 11.8 Å². The van der Waals surface area contributed by atoms with Crippen LogP contribution in [0.2, 0.25) is 0 Å². The summed E-state index contributed by atoms with van der Waals surface area (Å²) >= 11 is 1.28. The first-order chi connectivity index (χ1) is 16.5. The van der Waals surface area contributed by atoms with Gasteiger partial charge in [0.15, 0.2) is 0 Å². The molecule has 0 unspecified atom stereocenters. The Morgan fingerprint density at radius 2 is 0.882 bits per heavy atom. The third-order valence-corrected chi connectivity index (χ3v) is 8.28. The Hall–Kier alpha value is -0.710. The second kappa shape index (κ2) is 24.0. The molecule has 0 amide bonds. The fraction of sp³-hybridized carbons (Fsp3) is 0.931. The Kier molecular flexibility index (Phi) is 23.5. The molecule has 0 atom stereocenters. The highest BCUT2D eigenvalue weighted by Crippen LogP contribution is 2.36. The Morgan fingerprint density at radius 1 is 0.559 bits per heavy atom. The van der Waals surface area contributed by atoms with Crippen LogP contribution < -0.4 is 0 Å². The van der Waals surface area contributed by atoms with Crippen LogP contribution in [0.15, 0.2) is 0 Å². The molecule has 0 rings (SSSR count). The predicted octanol–water partition coefficient (Wildman–Crippen LogP) is 9.50. The summed E-state index contributed by atoms with van der Waals surface area (Å²) in [6.45, 7) is 4.49. The van der Waals surface area contributed by atoms with Crippen LogP contribution in [0, 0.1) is 5.41 Å². The number of hydrogen-bond donors (Lipinski definition) is 2. The third-order valence-electron chi connectivity index (χ3n) is 7.08. The van der Waals surface area contributed by atoms with Crippen molar-refractivity contribution in [2.24, 2.45) is 5.41 Å². The molecule has 0 bridgehead atoms. The second-order valence-corrected chi connectivity index (χ2v) is 11.3. The molecule has 2 N–H and O–H groups in total. The summed E-state index contributed by atoms with van der Waals surface area (Å²) in [5.74, 6) is -1.17. The highest BCUT2D eigenvalue weighted by molar-refractivity contribution is 7.99. The Morgan fingerprint density at radius 3 is 1.18 bits per heavy atom. The van der Waals surface area contributed by atoms with Gasteiger partial charge in [-0.2, -0.15) is 0 Å². The highest BCUT2D eigenvalue weighted by atomic mass is 32.2. The van der Waals surface area contributed by atoms with Crippen LogP contribution in [0.3, 0.4) is 0 Å². The highest BCUT2D eigenvalue weighted by Gasteiger charge is 2.37. The summed E-state index contributed by atoms with van der Waals surface area (Å²) in [6.07, 6.45) is 26.2. The molecule has 0 aliphatic rings. The second-order valence-electron chi connectivity index (χ2n) is 10.3. The first kappa shape index (κ1) is 33.3. The van der Waals surface area contributed by atoms with E-state index in [9.17, 15) is 14.7 Å². The molecule has 34 heavy (non-hydrogen) atoms. The van der Waals surface area contributed by atoms with Crippen LogP contribution in [-0.2, 0) is 9.59 Å². The van der Waals surface area contributed by atoms with Crippen molar-refractivity contribution < 1.29 is 19.8 Å².